The molecule has 2 heterocycles. The summed E-state index contributed by atoms with van der Waals surface area (Å²) in [7, 11) is 0. The van der Waals surface area contributed by atoms with E-state index in [1.165, 1.54) is 50.2 Å². The standard InChI is InChI=1S/C20H18ClF3N4O3.C20H16ClF3N4O2.C20H14ClF3N4O.CH4/c1-10-14(8-9-15(25-3)16(10)21)26-17(11(2)29)19(31)28-27-18(30)12-4-6-13(7-5-12)20(22,23)24;1-10-14(8-9-15(25-3)16(10)21)26-17(11(2)29)19-28-27-18(30-19)12-4-6-13(7-5-12)20(22,23)24;1-4-14(26-15-9-10-16(25-3)17(21)11(15)2)19-28-27-18(29-19)12-5-7-13(8-6-12)20(22,23)24;/h4-9,11,17,26,29H,1-2H3,(H,27,30)(H,28,31);4-9,11,17,26,29H,1-2H3;4-10,26H,1-2H3;1H4/b;;14-4-;/t2*11-,17+;;/m00../s1. The summed E-state index contributed by atoms with van der Waals surface area (Å²) in [6.45, 7) is 31.0. The molecule has 0 saturated heterocycles. The highest BCUT2D eigenvalue weighted by Crippen LogP contribution is 2.39. The number of hydrogen-bond acceptors (Lipinski definition) is 13. The number of benzene rings is 6. The first-order chi connectivity index (χ1) is 42.3. The minimum absolute atomic E-state index is 0. The van der Waals surface area contributed by atoms with Gasteiger partial charge in [-0.25, -0.2) is 14.5 Å². The van der Waals surface area contributed by atoms with Crippen molar-refractivity contribution in [2.75, 3.05) is 16.0 Å². The molecule has 0 fully saturated rings. The Labute approximate surface area is 529 Å². The molecule has 8 aromatic rings. The molecule has 0 unspecified atom stereocenters. The Balaban J connectivity index is 0.000000247. The van der Waals surface area contributed by atoms with Crippen LogP contribution >= 0.6 is 34.8 Å². The summed E-state index contributed by atoms with van der Waals surface area (Å²) in [5.74, 6) is -1.33. The van der Waals surface area contributed by atoms with Gasteiger partial charge in [0.25, 0.3) is 17.7 Å². The van der Waals surface area contributed by atoms with Gasteiger partial charge in [-0.3, -0.25) is 20.4 Å². The van der Waals surface area contributed by atoms with E-state index in [1.807, 2.05) is 0 Å². The molecule has 0 aliphatic rings. The van der Waals surface area contributed by atoms with Gasteiger partial charge in [-0.2, -0.15) is 39.5 Å². The van der Waals surface area contributed by atoms with Crippen LogP contribution < -0.4 is 26.8 Å². The molecule has 0 bridgehead atoms. The number of anilines is 3. The lowest BCUT2D eigenvalue weighted by molar-refractivity contribution is -0.138. The first-order valence-electron chi connectivity index (χ1n) is 25.9. The van der Waals surface area contributed by atoms with Crippen molar-refractivity contribution >= 4 is 86.4 Å². The van der Waals surface area contributed by atoms with Gasteiger partial charge in [0.05, 0.1) is 69.4 Å². The lowest BCUT2D eigenvalue weighted by atomic mass is 10.1. The molecule has 0 radical (unpaired) electrons. The highest BCUT2D eigenvalue weighted by atomic mass is 35.5. The van der Waals surface area contributed by atoms with Crippen molar-refractivity contribution in [3.63, 3.8) is 0 Å². The van der Waals surface area contributed by atoms with Gasteiger partial charge in [-0.15, -0.1) is 20.4 Å². The minimum Gasteiger partial charge on any atom is -0.418 e. The van der Waals surface area contributed by atoms with Crippen LogP contribution in [-0.2, 0) is 23.3 Å². The molecule has 476 valence electrons. The molecule has 0 spiro atoms. The average molecular weight is 1330 g/mol. The van der Waals surface area contributed by atoms with E-state index in [4.69, 9.17) is 63.4 Å². The molecule has 8 rings (SSSR count). The van der Waals surface area contributed by atoms with Crippen LogP contribution in [0.3, 0.4) is 0 Å². The van der Waals surface area contributed by atoms with Crippen molar-refractivity contribution in [2.24, 2.45) is 0 Å². The number of nitrogens with zero attached hydrogens (tertiary/aromatic N) is 7. The molecule has 0 saturated carbocycles. The van der Waals surface area contributed by atoms with E-state index in [0.717, 1.165) is 48.5 Å². The Morgan fingerprint density at radius 1 is 0.549 bits per heavy atom. The highest BCUT2D eigenvalue weighted by molar-refractivity contribution is 6.35. The second kappa shape index (κ2) is 30.7. The Hall–Kier alpha value is -9.69. The van der Waals surface area contributed by atoms with Crippen molar-refractivity contribution in [3.05, 3.63) is 215 Å². The minimum atomic E-state index is -4.53. The van der Waals surface area contributed by atoms with Crippen LogP contribution in [0.25, 0.3) is 43.1 Å². The number of aliphatic hydroxyl groups excluding tert-OH is 2. The summed E-state index contributed by atoms with van der Waals surface area (Å²) in [6.07, 6.45) is -13.8. The third-order valence-electron chi connectivity index (χ3n) is 12.9. The number of allylic oxidation sites excluding steroid dienone is 1. The predicted octanol–water partition coefficient (Wildman–Crippen LogP) is 17.0. The zero-order valence-electron chi connectivity index (χ0n) is 47.5. The van der Waals surface area contributed by atoms with Gasteiger partial charge in [-0.05, 0) is 149 Å². The van der Waals surface area contributed by atoms with Gasteiger partial charge in [0.2, 0.25) is 34.7 Å². The molecule has 4 atom stereocenters. The van der Waals surface area contributed by atoms with Gasteiger partial charge in [-0.1, -0.05) is 66.5 Å². The second-order valence-electron chi connectivity index (χ2n) is 19.1. The summed E-state index contributed by atoms with van der Waals surface area (Å²) in [6, 6.07) is 19.7. The molecule has 6 aromatic carbocycles. The Morgan fingerprint density at radius 3 is 1.35 bits per heavy atom. The Kier molecular flexibility index (Phi) is 24.3. The van der Waals surface area contributed by atoms with Crippen LogP contribution in [0, 0.1) is 40.5 Å². The van der Waals surface area contributed by atoms with E-state index in [-0.39, 0.29) is 52.3 Å². The summed E-state index contributed by atoms with van der Waals surface area (Å²) in [5.41, 5.74) is 7.09. The molecular formula is C61H52Cl3F9N12O6. The van der Waals surface area contributed by atoms with Gasteiger partial charge >= 0.3 is 18.5 Å². The normalized spacial score (nSPS) is 12.7. The summed E-state index contributed by atoms with van der Waals surface area (Å²) < 4.78 is 125. The number of aliphatic hydroxyl groups is 2. The Morgan fingerprint density at radius 2 is 0.945 bits per heavy atom. The molecule has 91 heavy (non-hydrogen) atoms. The van der Waals surface area contributed by atoms with E-state index in [9.17, 15) is 59.3 Å². The summed E-state index contributed by atoms with van der Waals surface area (Å²) in [4.78, 5) is 34.5. The van der Waals surface area contributed by atoms with E-state index < -0.39 is 71.3 Å². The largest absolute Gasteiger partial charge is 0.418 e. The second-order valence-corrected chi connectivity index (χ2v) is 20.3. The van der Waals surface area contributed by atoms with E-state index in [1.54, 1.807) is 58.0 Å². The first kappa shape index (κ1) is 72.1. The number of halogens is 12. The SMILES string of the molecule is C.[C-]#[N+]c1ccc(N/C(=C\C)c2nnc(-c3ccc(C(F)(F)F)cc3)o2)c(C)c1Cl.[C-]#[N+]c1ccc(N[C@@H](C(=O)NNC(=O)c2ccc(C(F)(F)F)cc2)[C@H](C)O)c(C)c1Cl.[C-]#[N+]c1ccc(N[C@@H](c2nnc(-c3ccc(C(F)(F)F)cc3)o2)[C@H](C)O)c(C)c1Cl. The number of amides is 2. The van der Waals surface area contributed by atoms with Crippen molar-refractivity contribution in [2.45, 2.75) is 91.8 Å². The molecule has 2 amide bonds. The van der Waals surface area contributed by atoms with Gasteiger partial charge in [0.1, 0.15) is 12.1 Å². The molecular weight excluding hydrogens is 1270 g/mol. The highest BCUT2D eigenvalue weighted by Gasteiger charge is 2.33. The molecule has 30 heteroatoms. The average Bonchev–Trinajstić information content (AvgIpc) is 1.97. The fourth-order valence-electron chi connectivity index (χ4n) is 7.85. The quantitative estimate of drug-likeness (QED) is 0.0306. The van der Waals surface area contributed by atoms with Crippen LogP contribution in [0.15, 0.2) is 124 Å². The number of carbonyl (C=O) groups excluding carboxylic acids is 2. The molecule has 0 aliphatic carbocycles. The number of nitrogens with one attached hydrogen (secondary N) is 5. The lowest BCUT2D eigenvalue weighted by Crippen LogP contribution is -2.52. The predicted molar refractivity (Wildman–Crippen MR) is 325 cm³/mol. The van der Waals surface area contributed by atoms with Crippen molar-refractivity contribution < 1.29 is 68.2 Å². The monoisotopic (exact) mass is 1320 g/mol. The topological polar surface area (TPSA) is 226 Å². The molecule has 0 aliphatic heterocycles. The third kappa shape index (κ3) is 18.2. The van der Waals surface area contributed by atoms with Gasteiger partial charge < -0.3 is 35.0 Å². The lowest BCUT2D eigenvalue weighted by Gasteiger charge is -2.23. The van der Waals surface area contributed by atoms with Gasteiger partial charge in [0, 0.05) is 33.8 Å². The number of alkyl halides is 9. The fourth-order valence-corrected chi connectivity index (χ4v) is 8.47. The number of hydrogen-bond donors (Lipinski definition) is 7. The zero-order valence-corrected chi connectivity index (χ0v) is 49.7. The maximum absolute atomic E-state index is 12.7. The van der Waals surface area contributed by atoms with Crippen molar-refractivity contribution in [3.8, 4) is 22.9 Å². The number of carbonyl (C=O) groups is 2. The van der Waals surface area contributed by atoms with Crippen LogP contribution in [0.1, 0.15) is 89.8 Å². The maximum Gasteiger partial charge on any atom is 0.416 e. The van der Waals surface area contributed by atoms with Crippen LogP contribution in [0.4, 0.5) is 73.6 Å². The van der Waals surface area contributed by atoms with Crippen LogP contribution in [0.2, 0.25) is 15.1 Å². The van der Waals surface area contributed by atoms with Crippen molar-refractivity contribution in [1.82, 2.24) is 31.2 Å². The van der Waals surface area contributed by atoms with Gasteiger partial charge in [0.15, 0.2) is 0 Å². The fraction of sp³-hybridized carbons (Fsp3) is 0.230. The third-order valence-corrected chi connectivity index (χ3v) is 14.4. The van der Waals surface area contributed by atoms with E-state index >= 15 is 0 Å². The maximum atomic E-state index is 12.7. The summed E-state index contributed by atoms with van der Waals surface area (Å²) >= 11 is 18.5. The zero-order chi connectivity index (χ0) is 66.6. The van der Waals surface area contributed by atoms with Crippen LogP contribution in [-0.4, -0.2) is 60.7 Å². The number of aromatic nitrogens is 4. The van der Waals surface area contributed by atoms with Crippen molar-refractivity contribution in [1.29, 1.82) is 0 Å². The smallest absolute Gasteiger partial charge is 0.416 e. The number of rotatable bonds is 14. The van der Waals surface area contributed by atoms with E-state index in [0.29, 0.717) is 67.0 Å². The molecule has 2 aromatic heterocycles. The van der Waals surface area contributed by atoms with E-state index in [2.05, 4.69) is 61.7 Å². The molecule has 18 nitrogen and oxygen atoms in total. The number of hydrazine groups is 1. The van der Waals surface area contributed by atoms with Crippen LogP contribution in [0.5, 0.6) is 0 Å². The first-order valence-corrected chi connectivity index (χ1v) is 27.1. The Bertz CT molecular complexity index is 4040. The molecule has 7 N–H and O–H groups in total. The summed E-state index contributed by atoms with van der Waals surface area (Å²) in [5, 5.41) is 45.7.